The Kier molecular flexibility index (Phi) is 9.66. The number of likely N-dealkylation sites (tertiary alicyclic amines) is 1. The molecule has 2 aromatic carbocycles. The summed E-state index contributed by atoms with van der Waals surface area (Å²) in [6.07, 6.45) is 7.10. The van der Waals surface area contributed by atoms with Crippen LogP contribution in [0.25, 0.3) is 0 Å². The van der Waals surface area contributed by atoms with Crippen molar-refractivity contribution >= 4 is 35.0 Å². The van der Waals surface area contributed by atoms with Gasteiger partial charge in [0, 0.05) is 56.0 Å². The Morgan fingerprint density at radius 1 is 0.938 bits per heavy atom. The number of ether oxygens (including phenoxy) is 1. The third-order valence-electron chi connectivity index (χ3n) is 11.7. The monoisotopic (exact) mass is 673 g/mol. The number of halogens is 1. The van der Waals surface area contributed by atoms with Gasteiger partial charge in [-0.2, -0.15) is 0 Å². The number of amides is 3. The molecule has 4 heterocycles. The second-order valence-corrected chi connectivity index (χ2v) is 15.0. The summed E-state index contributed by atoms with van der Waals surface area (Å²) in [6.45, 7) is 10.6. The fourth-order valence-corrected chi connectivity index (χ4v) is 8.92. The molecular weight excluding hydrogens is 626 g/mol. The van der Waals surface area contributed by atoms with Crippen molar-refractivity contribution in [3.8, 4) is 0 Å². The number of piperazine rings is 1. The summed E-state index contributed by atoms with van der Waals surface area (Å²) in [5.41, 5.74) is 0.766. The lowest BCUT2D eigenvalue weighted by Gasteiger charge is -2.38. The highest BCUT2D eigenvalue weighted by molar-refractivity contribution is 6.30. The molecule has 2 N–H and O–H groups in total. The molecule has 1 spiro atoms. The maximum Gasteiger partial charge on any atom is 0.246 e. The van der Waals surface area contributed by atoms with Gasteiger partial charge in [0.15, 0.2) is 0 Å². The third-order valence-corrected chi connectivity index (χ3v) is 11.9. The zero-order valence-electron chi connectivity index (χ0n) is 28.0. The molecule has 2 bridgehead atoms. The van der Waals surface area contributed by atoms with Gasteiger partial charge in [-0.05, 0) is 61.1 Å². The topological polar surface area (TPSA) is 94.2 Å². The molecule has 0 aromatic heterocycles. The molecule has 10 heteroatoms. The van der Waals surface area contributed by atoms with Gasteiger partial charge in [0.05, 0.1) is 17.9 Å². The summed E-state index contributed by atoms with van der Waals surface area (Å²) < 4.78 is 6.57. The van der Waals surface area contributed by atoms with Gasteiger partial charge in [-0.3, -0.25) is 19.3 Å². The van der Waals surface area contributed by atoms with Crippen LogP contribution in [0, 0.1) is 23.7 Å². The molecular formula is C38H48ClN5O4. The van der Waals surface area contributed by atoms with E-state index >= 15 is 0 Å². The highest BCUT2D eigenvalue weighted by atomic mass is 35.5. The van der Waals surface area contributed by atoms with Crippen molar-refractivity contribution in [1.29, 1.82) is 0 Å². The minimum atomic E-state index is -1.17. The minimum absolute atomic E-state index is 0.0485. The maximum absolute atomic E-state index is 14.4. The molecule has 1 aliphatic carbocycles. The molecule has 8 atom stereocenters. The Hall–Kier alpha value is -3.24. The molecule has 7 rings (SSSR count). The Bertz CT molecular complexity index is 1510. The number of anilines is 1. The van der Waals surface area contributed by atoms with Crippen molar-refractivity contribution in [2.75, 3.05) is 44.6 Å². The first kappa shape index (κ1) is 33.3. The molecule has 1 saturated carbocycles. The first-order valence-electron chi connectivity index (χ1n) is 17.8. The van der Waals surface area contributed by atoms with E-state index in [0.29, 0.717) is 29.1 Å². The molecule has 256 valence electrons. The number of carbonyl (C=O) groups excluding carboxylic acids is 3. The van der Waals surface area contributed by atoms with Gasteiger partial charge in [0.1, 0.15) is 11.6 Å². The van der Waals surface area contributed by atoms with Gasteiger partial charge >= 0.3 is 0 Å². The number of carbonyl (C=O) groups is 3. The standard InChI is InChI=1S/C38H48ClN5O4/c1-25-8-6-11-30(26(25)2)41-36(46)34-38-17-16-31(48-38)32(35(45)40-29-14-12-28(39)13-15-29)33(38)37(47)44(34)19-7-18-42-20-22-43(23-21-42)24-27-9-4-3-5-10-27/h3-5,9-10,12-17,25-26,30-34H,6-8,11,18-24H2,1-2H3,(H,40,45)(H,41,46)/t25?,26?,30?,31-,32?,33-,34?,38?/m0/s1. The van der Waals surface area contributed by atoms with E-state index in [0.717, 1.165) is 65.0 Å². The second-order valence-electron chi connectivity index (χ2n) is 14.6. The van der Waals surface area contributed by atoms with E-state index in [2.05, 4.69) is 58.5 Å². The van der Waals surface area contributed by atoms with E-state index in [9.17, 15) is 14.4 Å². The molecule has 5 aliphatic rings. The van der Waals surface area contributed by atoms with Crippen LogP contribution in [-0.2, 0) is 25.7 Å². The normalized spacial score (nSPS) is 33.2. The summed E-state index contributed by atoms with van der Waals surface area (Å²) in [7, 11) is 0. The van der Waals surface area contributed by atoms with Gasteiger partial charge in [-0.25, -0.2) is 0 Å². The van der Waals surface area contributed by atoms with Crippen molar-refractivity contribution in [3.63, 3.8) is 0 Å². The predicted molar refractivity (Wildman–Crippen MR) is 186 cm³/mol. The number of nitrogens with zero attached hydrogens (tertiary/aromatic N) is 3. The van der Waals surface area contributed by atoms with Crippen molar-refractivity contribution in [2.45, 2.75) is 69.9 Å². The van der Waals surface area contributed by atoms with E-state index in [1.807, 2.05) is 18.2 Å². The minimum Gasteiger partial charge on any atom is -0.359 e. The van der Waals surface area contributed by atoms with Gasteiger partial charge in [0.2, 0.25) is 17.7 Å². The van der Waals surface area contributed by atoms with E-state index in [-0.39, 0.29) is 23.8 Å². The van der Waals surface area contributed by atoms with Crippen molar-refractivity contribution < 1.29 is 19.1 Å². The lowest BCUT2D eigenvalue weighted by molar-refractivity contribution is -0.141. The molecule has 6 unspecified atom stereocenters. The zero-order valence-corrected chi connectivity index (χ0v) is 28.8. The number of fused-ring (bicyclic) bond motifs is 1. The summed E-state index contributed by atoms with van der Waals surface area (Å²) >= 11 is 6.06. The first-order valence-corrected chi connectivity index (χ1v) is 18.1. The number of rotatable bonds is 10. The van der Waals surface area contributed by atoms with Gasteiger partial charge in [-0.15, -0.1) is 0 Å². The van der Waals surface area contributed by atoms with Crippen LogP contribution in [0.2, 0.25) is 5.02 Å². The van der Waals surface area contributed by atoms with Gasteiger partial charge in [0.25, 0.3) is 0 Å². The van der Waals surface area contributed by atoms with Crippen molar-refractivity contribution in [2.24, 2.45) is 23.7 Å². The first-order chi connectivity index (χ1) is 23.2. The summed E-state index contributed by atoms with van der Waals surface area (Å²) in [6, 6.07) is 16.7. The molecule has 48 heavy (non-hydrogen) atoms. The van der Waals surface area contributed by atoms with Crippen LogP contribution in [0.1, 0.15) is 45.1 Å². The number of benzene rings is 2. The largest absolute Gasteiger partial charge is 0.359 e. The number of hydrogen-bond acceptors (Lipinski definition) is 6. The van der Waals surface area contributed by atoms with Crippen LogP contribution in [0.3, 0.4) is 0 Å². The van der Waals surface area contributed by atoms with Crippen LogP contribution >= 0.6 is 11.6 Å². The van der Waals surface area contributed by atoms with Crippen LogP contribution < -0.4 is 10.6 Å². The van der Waals surface area contributed by atoms with Crippen LogP contribution in [0.15, 0.2) is 66.7 Å². The summed E-state index contributed by atoms with van der Waals surface area (Å²) in [5, 5.41) is 6.91. The second kappa shape index (κ2) is 13.9. The molecule has 3 saturated heterocycles. The molecule has 4 fully saturated rings. The fraction of sp³-hybridized carbons (Fsp3) is 0.553. The maximum atomic E-state index is 14.4. The number of nitrogens with one attached hydrogen (secondary N) is 2. The fourth-order valence-electron chi connectivity index (χ4n) is 8.79. The smallest absolute Gasteiger partial charge is 0.246 e. The van der Waals surface area contributed by atoms with E-state index in [1.165, 1.54) is 5.56 Å². The Morgan fingerprint density at radius 2 is 1.67 bits per heavy atom. The van der Waals surface area contributed by atoms with Crippen LogP contribution in [0.5, 0.6) is 0 Å². The van der Waals surface area contributed by atoms with Crippen LogP contribution in [0.4, 0.5) is 5.69 Å². The predicted octanol–water partition coefficient (Wildman–Crippen LogP) is 4.58. The highest BCUT2D eigenvalue weighted by Gasteiger charge is 2.72. The molecule has 3 amide bonds. The van der Waals surface area contributed by atoms with E-state index < -0.39 is 29.6 Å². The molecule has 4 aliphatic heterocycles. The van der Waals surface area contributed by atoms with Gasteiger partial charge in [-0.1, -0.05) is 80.8 Å². The van der Waals surface area contributed by atoms with Gasteiger partial charge < -0.3 is 25.2 Å². The Labute approximate surface area is 289 Å². The molecule has 9 nitrogen and oxygen atoms in total. The average Bonchev–Trinajstić information content (AvgIpc) is 3.73. The quantitative estimate of drug-likeness (QED) is 0.359. The lowest BCUT2D eigenvalue weighted by atomic mass is 9.73. The summed E-state index contributed by atoms with van der Waals surface area (Å²) in [5.74, 6) is -1.26. The highest BCUT2D eigenvalue weighted by Crippen LogP contribution is 2.55. The lowest BCUT2D eigenvalue weighted by Crippen LogP contribution is -2.58. The van der Waals surface area contributed by atoms with Crippen LogP contribution in [-0.4, -0.2) is 95.5 Å². The average molecular weight is 674 g/mol. The number of hydrogen-bond donors (Lipinski definition) is 2. The zero-order chi connectivity index (χ0) is 33.4. The Morgan fingerprint density at radius 3 is 2.42 bits per heavy atom. The Balaban J connectivity index is 1.05. The van der Waals surface area contributed by atoms with Crippen molar-refractivity contribution in [3.05, 3.63) is 77.3 Å². The SMILES string of the molecule is CC1CCCC(NC(=O)C2N(CCCN3CCN(Cc4ccccc4)CC3)C(=O)[C@@H]3C(C(=O)Nc4ccc(Cl)cc4)[C@@H]4C=CC23O4)C1C. The molecule has 2 aromatic rings. The summed E-state index contributed by atoms with van der Waals surface area (Å²) in [4.78, 5) is 49.2. The van der Waals surface area contributed by atoms with E-state index in [1.54, 1.807) is 29.2 Å². The van der Waals surface area contributed by atoms with E-state index in [4.69, 9.17) is 16.3 Å². The third kappa shape index (κ3) is 6.42. The van der Waals surface area contributed by atoms with Crippen molar-refractivity contribution in [1.82, 2.24) is 20.0 Å². The molecule has 0 radical (unpaired) electrons.